The molecule has 0 atom stereocenters. The topological polar surface area (TPSA) is 76.7 Å². The number of amides is 2. The molecule has 0 saturated carbocycles. The van der Waals surface area contributed by atoms with Gasteiger partial charge in [0.1, 0.15) is 0 Å². The van der Waals surface area contributed by atoms with Gasteiger partial charge in [-0.05, 0) is 25.7 Å². The fraction of sp³-hybridized carbons (Fsp3) is 0.833. The minimum absolute atomic E-state index is 0.0617. The van der Waals surface area contributed by atoms with Gasteiger partial charge in [0.2, 0.25) is 0 Å². The Hall–Kier alpha value is -1.14. The Labute approximate surface area is 106 Å². The predicted octanol–water partition coefficient (Wildman–Crippen LogP) is -0.423. The molecule has 0 aromatic rings. The molecule has 2 N–H and O–H groups in total. The molecule has 0 radical (unpaired) electrons. The largest absolute Gasteiger partial charge is 0.381 e. The maximum absolute atomic E-state index is 11.7. The van der Waals surface area contributed by atoms with Crippen molar-refractivity contribution < 1.29 is 19.1 Å². The summed E-state index contributed by atoms with van der Waals surface area (Å²) in [6, 6.07) is 0.123. The number of carbonyl (C=O) groups is 2. The Bertz CT molecular complexity index is 266. The van der Waals surface area contributed by atoms with Crippen LogP contribution in [0.3, 0.4) is 0 Å². The van der Waals surface area contributed by atoms with Crippen LogP contribution in [0.15, 0.2) is 0 Å². The van der Waals surface area contributed by atoms with Crippen LogP contribution >= 0.6 is 0 Å². The lowest BCUT2D eigenvalue weighted by Gasteiger charge is -2.25. The Morgan fingerprint density at radius 2 is 1.06 bits per heavy atom. The zero-order valence-electron chi connectivity index (χ0n) is 10.4. The number of hydrogen-bond donors (Lipinski definition) is 2. The van der Waals surface area contributed by atoms with Crippen LogP contribution in [0.2, 0.25) is 0 Å². The van der Waals surface area contributed by atoms with Crippen molar-refractivity contribution in [1.29, 1.82) is 0 Å². The highest BCUT2D eigenvalue weighted by atomic mass is 16.5. The zero-order valence-corrected chi connectivity index (χ0v) is 10.4. The molecule has 6 heteroatoms. The molecule has 2 aliphatic rings. The van der Waals surface area contributed by atoms with Gasteiger partial charge in [-0.2, -0.15) is 0 Å². The Balaban J connectivity index is 1.71. The quantitative estimate of drug-likeness (QED) is 0.658. The number of hydrogen-bond acceptors (Lipinski definition) is 4. The number of carbonyl (C=O) groups excluding carboxylic acids is 2. The number of rotatable bonds is 2. The van der Waals surface area contributed by atoms with Gasteiger partial charge >= 0.3 is 11.8 Å². The van der Waals surface area contributed by atoms with Crippen molar-refractivity contribution in [3.05, 3.63) is 0 Å². The van der Waals surface area contributed by atoms with Gasteiger partial charge in [0, 0.05) is 38.5 Å². The molecule has 2 heterocycles. The maximum Gasteiger partial charge on any atom is 0.309 e. The number of ether oxygens (including phenoxy) is 2. The van der Waals surface area contributed by atoms with Gasteiger partial charge in [0.15, 0.2) is 0 Å². The lowest BCUT2D eigenvalue weighted by molar-refractivity contribution is -0.140. The molecule has 2 amide bonds. The second kappa shape index (κ2) is 6.70. The molecular weight excluding hydrogens is 236 g/mol. The molecular formula is C12H20N2O4. The predicted molar refractivity (Wildman–Crippen MR) is 64.0 cm³/mol. The average molecular weight is 256 g/mol. The van der Waals surface area contributed by atoms with Crippen LogP contribution in [0.25, 0.3) is 0 Å². The monoisotopic (exact) mass is 256 g/mol. The van der Waals surface area contributed by atoms with E-state index in [2.05, 4.69) is 10.6 Å². The fourth-order valence-corrected chi connectivity index (χ4v) is 2.19. The second-order valence-electron chi connectivity index (χ2n) is 4.72. The highest BCUT2D eigenvalue weighted by Gasteiger charge is 2.23. The first-order valence-electron chi connectivity index (χ1n) is 6.52. The van der Waals surface area contributed by atoms with Gasteiger partial charge in [-0.1, -0.05) is 0 Å². The van der Waals surface area contributed by atoms with Gasteiger partial charge in [-0.15, -0.1) is 0 Å². The van der Waals surface area contributed by atoms with E-state index in [0.717, 1.165) is 25.7 Å². The summed E-state index contributed by atoms with van der Waals surface area (Å²) in [5, 5.41) is 5.49. The molecule has 2 fully saturated rings. The molecule has 0 bridgehead atoms. The number of nitrogens with one attached hydrogen (secondary N) is 2. The summed E-state index contributed by atoms with van der Waals surface area (Å²) in [6.45, 7) is 2.58. The lowest BCUT2D eigenvalue weighted by Crippen LogP contribution is -2.49. The summed E-state index contributed by atoms with van der Waals surface area (Å²) in [4.78, 5) is 23.4. The Kier molecular flexibility index (Phi) is 4.95. The van der Waals surface area contributed by atoms with Gasteiger partial charge in [0.05, 0.1) is 0 Å². The van der Waals surface area contributed by atoms with E-state index < -0.39 is 11.8 Å². The molecule has 0 aromatic carbocycles. The SMILES string of the molecule is O=C(NC1CCOCC1)C(=O)NC1CCOCC1. The van der Waals surface area contributed by atoms with Crippen molar-refractivity contribution in [1.82, 2.24) is 10.6 Å². The van der Waals surface area contributed by atoms with E-state index in [1.165, 1.54) is 0 Å². The van der Waals surface area contributed by atoms with E-state index in [9.17, 15) is 9.59 Å². The Morgan fingerprint density at radius 1 is 0.722 bits per heavy atom. The normalized spacial score (nSPS) is 22.4. The van der Waals surface area contributed by atoms with Crippen LogP contribution in [0.1, 0.15) is 25.7 Å². The van der Waals surface area contributed by atoms with E-state index in [1.807, 2.05) is 0 Å². The molecule has 6 nitrogen and oxygen atoms in total. The van der Waals surface area contributed by atoms with Crippen LogP contribution in [-0.2, 0) is 19.1 Å². The van der Waals surface area contributed by atoms with Crippen molar-refractivity contribution in [2.75, 3.05) is 26.4 Å². The van der Waals surface area contributed by atoms with E-state index in [4.69, 9.17) is 9.47 Å². The van der Waals surface area contributed by atoms with Gasteiger partial charge in [-0.25, -0.2) is 0 Å². The molecule has 2 aliphatic heterocycles. The van der Waals surface area contributed by atoms with Crippen LogP contribution in [0, 0.1) is 0 Å². The molecule has 0 aromatic heterocycles. The van der Waals surface area contributed by atoms with Gasteiger partial charge in [-0.3, -0.25) is 9.59 Å². The first-order chi connectivity index (χ1) is 8.75. The van der Waals surface area contributed by atoms with Crippen molar-refractivity contribution >= 4 is 11.8 Å². The van der Waals surface area contributed by atoms with Crippen molar-refractivity contribution in [3.63, 3.8) is 0 Å². The van der Waals surface area contributed by atoms with E-state index in [1.54, 1.807) is 0 Å². The highest BCUT2D eigenvalue weighted by molar-refractivity contribution is 6.35. The fourth-order valence-electron chi connectivity index (χ4n) is 2.19. The molecule has 2 rings (SSSR count). The van der Waals surface area contributed by atoms with Crippen molar-refractivity contribution in [3.8, 4) is 0 Å². The third-order valence-electron chi connectivity index (χ3n) is 3.32. The third kappa shape index (κ3) is 3.96. The first kappa shape index (κ1) is 13.3. The summed E-state index contributed by atoms with van der Waals surface area (Å²) in [5.74, 6) is -1.07. The molecule has 18 heavy (non-hydrogen) atoms. The van der Waals surface area contributed by atoms with Crippen LogP contribution in [-0.4, -0.2) is 50.3 Å². The second-order valence-corrected chi connectivity index (χ2v) is 4.72. The standard InChI is InChI=1S/C12H20N2O4/c15-11(13-9-1-5-17-6-2-9)12(16)14-10-3-7-18-8-4-10/h9-10H,1-8H2,(H,13,15)(H,14,16). The molecule has 0 aliphatic carbocycles. The minimum Gasteiger partial charge on any atom is -0.381 e. The minimum atomic E-state index is -0.534. The molecule has 0 spiro atoms. The highest BCUT2D eigenvalue weighted by Crippen LogP contribution is 2.07. The van der Waals surface area contributed by atoms with E-state index >= 15 is 0 Å². The lowest BCUT2D eigenvalue weighted by atomic mass is 10.1. The summed E-state index contributed by atoms with van der Waals surface area (Å²) in [5.41, 5.74) is 0. The Morgan fingerprint density at radius 3 is 1.39 bits per heavy atom. The molecule has 2 saturated heterocycles. The maximum atomic E-state index is 11.7. The average Bonchev–Trinajstić information content (AvgIpc) is 2.41. The van der Waals surface area contributed by atoms with Crippen LogP contribution in [0.5, 0.6) is 0 Å². The third-order valence-corrected chi connectivity index (χ3v) is 3.32. The van der Waals surface area contributed by atoms with Crippen LogP contribution in [0.4, 0.5) is 0 Å². The first-order valence-corrected chi connectivity index (χ1v) is 6.52. The van der Waals surface area contributed by atoms with Crippen molar-refractivity contribution in [2.24, 2.45) is 0 Å². The molecule has 102 valence electrons. The van der Waals surface area contributed by atoms with Gasteiger partial charge in [0.25, 0.3) is 0 Å². The van der Waals surface area contributed by atoms with Crippen LogP contribution < -0.4 is 10.6 Å². The van der Waals surface area contributed by atoms with E-state index in [-0.39, 0.29) is 12.1 Å². The van der Waals surface area contributed by atoms with Crippen molar-refractivity contribution in [2.45, 2.75) is 37.8 Å². The molecule has 0 unspecified atom stereocenters. The summed E-state index contributed by atoms with van der Waals surface area (Å²) < 4.78 is 10.4. The summed E-state index contributed by atoms with van der Waals surface area (Å²) in [7, 11) is 0. The summed E-state index contributed by atoms with van der Waals surface area (Å²) in [6.07, 6.45) is 3.10. The zero-order chi connectivity index (χ0) is 12.8. The smallest absolute Gasteiger partial charge is 0.309 e. The van der Waals surface area contributed by atoms with E-state index in [0.29, 0.717) is 26.4 Å². The summed E-state index contributed by atoms with van der Waals surface area (Å²) >= 11 is 0. The van der Waals surface area contributed by atoms with Gasteiger partial charge < -0.3 is 20.1 Å².